The van der Waals surface area contributed by atoms with Crippen molar-refractivity contribution in [1.82, 2.24) is 0 Å². The number of rotatable bonds is 5. The minimum absolute atomic E-state index is 0.146. The molecule has 0 aliphatic carbocycles. The molecule has 0 spiro atoms. The van der Waals surface area contributed by atoms with Crippen LogP contribution in [0.4, 0.5) is 5.69 Å². The van der Waals surface area contributed by atoms with Crippen LogP contribution in [-0.4, -0.2) is 23.6 Å². The predicted octanol–water partition coefficient (Wildman–Crippen LogP) is 2.91. The summed E-state index contributed by atoms with van der Waals surface area (Å²) in [5.74, 6) is -0.814. The fourth-order valence-electron chi connectivity index (χ4n) is 2.24. The van der Waals surface area contributed by atoms with E-state index in [1.165, 1.54) is 6.92 Å². The van der Waals surface area contributed by atoms with E-state index in [0.717, 1.165) is 11.1 Å². The van der Waals surface area contributed by atoms with E-state index in [9.17, 15) is 14.7 Å². The molecule has 0 bridgehead atoms. The second-order valence-corrected chi connectivity index (χ2v) is 5.00. The highest BCUT2D eigenvalue weighted by atomic mass is 16.5. The number of amides is 1. The van der Waals surface area contributed by atoms with Gasteiger partial charge < -0.3 is 15.2 Å². The maximum atomic E-state index is 11.6. The molecule has 2 aromatic rings. The lowest BCUT2D eigenvalue weighted by molar-refractivity contribution is -0.153. The molecule has 0 saturated heterocycles. The first-order chi connectivity index (χ1) is 11.0. The van der Waals surface area contributed by atoms with Crippen molar-refractivity contribution < 1.29 is 19.4 Å². The van der Waals surface area contributed by atoms with Crippen molar-refractivity contribution in [3.8, 4) is 11.1 Å². The molecule has 0 aliphatic rings. The van der Waals surface area contributed by atoms with Crippen molar-refractivity contribution >= 4 is 17.6 Å². The Labute approximate surface area is 134 Å². The molecule has 1 amide bonds. The highest BCUT2D eigenvalue weighted by Crippen LogP contribution is 2.29. The van der Waals surface area contributed by atoms with Gasteiger partial charge in [0.1, 0.15) is 0 Å². The van der Waals surface area contributed by atoms with Gasteiger partial charge in [0.05, 0.1) is 6.61 Å². The van der Waals surface area contributed by atoms with Gasteiger partial charge in [0, 0.05) is 18.2 Å². The molecule has 0 fully saturated rings. The number of carbonyl (C=O) groups is 2. The third-order valence-corrected chi connectivity index (χ3v) is 3.29. The van der Waals surface area contributed by atoms with Gasteiger partial charge in [0.15, 0.2) is 6.10 Å². The molecule has 120 valence electrons. The summed E-state index contributed by atoms with van der Waals surface area (Å²) in [5.41, 5.74) is 2.90. The Morgan fingerprint density at radius 3 is 2.39 bits per heavy atom. The molecule has 2 N–H and O–H groups in total. The standard InChI is InChI=1S/C18H19NO4/c1-3-23-18(22)17(21)14-10-8-13(9-11-14)15-6-4-5-7-16(15)19-12(2)20/h4-11,17,21H,3H2,1-2H3,(H,19,20). The second kappa shape index (κ2) is 7.56. The average Bonchev–Trinajstić information content (AvgIpc) is 2.54. The van der Waals surface area contributed by atoms with Crippen LogP contribution in [0, 0.1) is 0 Å². The van der Waals surface area contributed by atoms with E-state index < -0.39 is 12.1 Å². The lowest BCUT2D eigenvalue weighted by Crippen LogP contribution is -2.15. The van der Waals surface area contributed by atoms with E-state index in [0.29, 0.717) is 11.3 Å². The van der Waals surface area contributed by atoms with Crippen LogP contribution in [0.3, 0.4) is 0 Å². The van der Waals surface area contributed by atoms with Gasteiger partial charge in [-0.1, -0.05) is 42.5 Å². The van der Waals surface area contributed by atoms with E-state index in [4.69, 9.17) is 4.74 Å². The summed E-state index contributed by atoms with van der Waals surface area (Å²) >= 11 is 0. The zero-order valence-electron chi connectivity index (χ0n) is 13.1. The number of hydrogen-bond acceptors (Lipinski definition) is 4. The molecular weight excluding hydrogens is 294 g/mol. The molecule has 23 heavy (non-hydrogen) atoms. The van der Waals surface area contributed by atoms with Gasteiger partial charge in [-0.3, -0.25) is 4.79 Å². The highest BCUT2D eigenvalue weighted by molar-refractivity contribution is 5.94. The third-order valence-electron chi connectivity index (χ3n) is 3.29. The molecule has 1 atom stereocenters. The van der Waals surface area contributed by atoms with Crippen LogP contribution in [-0.2, 0) is 14.3 Å². The van der Waals surface area contributed by atoms with Crippen LogP contribution in [0.5, 0.6) is 0 Å². The number of nitrogens with one attached hydrogen (secondary N) is 1. The van der Waals surface area contributed by atoms with Gasteiger partial charge in [-0.2, -0.15) is 0 Å². The van der Waals surface area contributed by atoms with Crippen molar-refractivity contribution in [2.75, 3.05) is 11.9 Å². The molecule has 1 unspecified atom stereocenters. The Hall–Kier alpha value is -2.66. The Morgan fingerprint density at radius 2 is 1.78 bits per heavy atom. The minimum Gasteiger partial charge on any atom is -0.464 e. The predicted molar refractivity (Wildman–Crippen MR) is 87.8 cm³/mol. The maximum Gasteiger partial charge on any atom is 0.339 e. The molecule has 2 rings (SSSR count). The largest absolute Gasteiger partial charge is 0.464 e. The van der Waals surface area contributed by atoms with Crippen LogP contribution >= 0.6 is 0 Å². The Bertz CT molecular complexity index is 694. The first kappa shape index (κ1) is 16.7. The Balaban J connectivity index is 2.26. The number of aliphatic hydroxyl groups excluding tert-OH is 1. The third kappa shape index (κ3) is 4.17. The number of esters is 1. The molecule has 0 heterocycles. The van der Waals surface area contributed by atoms with Gasteiger partial charge in [-0.15, -0.1) is 0 Å². The normalized spacial score (nSPS) is 11.6. The second-order valence-electron chi connectivity index (χ2n) is 5.00. The number of carbonyl (C=O) groups excluding carboxylic acids is 2. The summed E-state index contributed by atoms with van der Waals surface area (Å²) in [4.78, 5) is 22.8. The van der Waals surface area contributed by atoms with Crippen LogP contribution in [0.2, 0.25) is 0 Å². The van der Waals surface area contributed by atoms with Crippen molar-refractivity contribution in [3.63, 3.8) is 0 Å². The van der Waals surface area contributed by atoms with Gasteiger partial charge >= 0.3 is 5.97 Å². The molecule has 2 aromatic carbocycles. The Morgan fingerprint density at radius 1 is 1.13 bits per heavy atom. The zero-order chi connectivity index (χ0) is 16.8. The molecule has 5 heteroatoms. The summed E-state index contributed by atoms with van der Waals surface area (Å²) < 4.78 is 4.80. The van der Waals surface area contributed by atoms with Crippen LogP contribution < -0.4 is 5.32 Å². The van der Waals surface area contributed by atoms with Gasteiger partial charge in [0.2, 0.25) is 5.91 Å². The SMILES string of the molecule is CCOC(=O)C(O)c1ccc(-c2ccccc2NC(C)=O)cc1. The van der Waals surface area contributed by atoms with Crippen LogP contribution in [0.15, 0.2) is 48.5 Å². The van der Waals surface area contributed by atoms with Crippen LogP contribution in [0.25, 0.3) is 11.1 Å². The van der Waals surface area contributed by atoms with E-state index in [-0.39, 0.29) is 12.5 Å². The summed E-state index contributed by atoms with van der Waals surface area (Å²) in [6, 6.07) is 14.3. The molecule has 0 saturated carbocycles. The Kier molecular flexibility index (Phi) is 5.49. The van der Waals surface area contributed by atoms with E-state index in [2.05, 4.69) is 5.32 Å². The van der Waals surface area contributed by atoms with Crippen molar-refractivity contribution in [3.05, 3.63) is 54.1 Å². The fraction of sp³-hybridized carbons (Fsp3) is 0.222. The number of benzene rings is 2. The average molecular weight is 313 g/mol. The van der Waals surface area contributed by atoms with Gasteiger partial charge in [0.25, 0.3) is 0 Å². The highest BCUT2D eigenvalue weighted by Gasteiger charge is 2.18. The summed E-state index contributed by atoms with van der Waals surface area (Å²) in [7, 11) is 0. The first-order valence-electron chi connectivity index (χ1n) is 7.34. The van der Waals surface area contributed by atoms with Crippen molar-refractivity contribution in [2.24, 2.45) is 0 Å². The molecular formula is C18H19NO4. The van der Waals surface area contributed by atoms with Gasteiger partial charge in [-0.05, 0) is 24.1 Å². The van der Waals surface area contributed by atoms with E-state index in [1.807, 2.05) is 24.3 Å². The molecule has 0 aromatic heterocycles. The molecule has 0 aliphatic heterocycles. The minimum atomic E-state index is -1.30. The lowest BCUT2D eigenvalue weighted by atomic mass is 10.0. The maximum absolute atomic E-state index is 11.6. The zero-order valence-corrected chi connectivity index (χ0v) is 13.1. The first-order valence-corrected chi connectivity index (χ1v) is 7.34. The fourth-order valence-corrected chi connectivity index (χ4v) is 2.24. The monoisotopic (exact) mass is 313 g/mol. The summed E-state index contributed by atoms with van der Waals surface area (Å²) in [5, 5.41) is 12.7. The van der Waals surface area contributed by atoms with E-state index >= 15 is 0 Å². The van der Waals surface area contributed by atoms with E-state index in [1.54, 1.807) is 31.2 Å². The molecule has 0 radical (unpaired) electrons. The smallest absolute Gasteiger partial charge is 0.339 e. The van der Waals surface area contributed by atoms with Gasteiger partial charge in [-0.25, -0.2) is 4.79 Å². The van der Waals surface area contributed by atoms with Crippen molar-refractivity contribution in [1.29, 1.82) is 0 Å². The topological polar surface area (TPSA) is 75.6 Å². The molecule has 5 nitrogen and oxygen atoms in total. The lowest BCUT2D eigenvalue weighted by Gasteiger charge is -2.12. The number of para-hydroxylation sites is 1. The number of ether oxygens (including phenoxy) is 1. The number of hydrogen-bond donors (Lipinski definition) is 2. The summed E-state index contributed by atoms with van der Waals surface area (Å²) in [6.45, 7) is 3.36. The number of aliphatic hydroxyl groups is 1. The van der Waals surface area contributed by atoms with Crippen molar-refractivity contribution in [2.45, 2.75) is 20.0 Å². The summed E-state index contributed by atoms with van der Waals surface area (Å²) in [6.07, 6.45) is -1.30. The number of anilines is 1. The van der Waals surface area contributed by atoms with Crippen LogP contribution in [0.1, 0.15) is 25.5 Å². The quantitative estimate of drug-likeness (QED) is 0.832.